The summed E-state index contributed by atoms with van der Waals surface area (Å²) in [6.07, 6.45) is 2.94. The number of imidazole rings is 1. The minimum atomic E-state index is -1.27. The molecule has 13 nitrogen and oxygen atoms in total. The van der Waals surface area contributed by atoms with E-state index in [2.05, 4.69) is 25.9 Å². The van der Waals surface area contributed by atoms with Gasteiger partial charge in [0.1, 0.15) is 18.1 Å². The molecule has 0 saturated heterocycles. The highest BCUT2D eigenvalue weighted by Crippen LogP contribution is 2.09. The molecule has 8 N–H and O–H groups in total. The summed E-state index contributed by atoms with van der Waals surface area (Å²) in [6.45, 7) is 7.25. The third kappa shape index (κ3) is 10.4. The van der Waals surface area contributed by atoms with Gasteiger partial charge in [0, 0.05) is 24.7 Å². The third-order valence-corrected chi connectivity index (χ3v) is 5.77. The van der Waals surface area contributed by atoms with E-state index in [1.807, 2.05) is 20.8 Å². The monoisotopic (exact) mass is 510 g/mol. The van der Waals surface area contributed by atoms with Crippen molar-refractivity contribution in [3.63, 3.8) is 0 Å². The van der Waals surface area contributed by atoms with Crippen molar-refractivity contribution in [3.8, 4) is 0 Å². The molecule has 1 aromatic rings. The van der Waals surface area contributed by atoms with Crippen LogP contribution in [-0.4, -0.2) is 74.0 Å². The minimum Gasteiger partial charge on any atom is -0.481 e. The molecule has 0 radical (unpaired) electrons. The van der Waals surface area contributed by atoms with E-state index in [0.29, 0.717) is 12.1 Å². The average Bonchev–Trinajstić information content (AvgIpc) is 3.32. The van der Waals surface area contributed by atoms with Gasteiger partial charge in [-0.15, -0.1) is 0 Å². The lowest BCUT2D eigenvalue weighted by Gasteiger charge is -2.26. The zero-order valence-electron chi connectivity index (χ0n) is 21.1. The van der Waals surface area contributed by atoms with Crippen molar-refractivity contribution >= 4 is 29.7 Å². The van der Waals surface area contributed by atoms with Gasteiger partial charge < -0.3 is 36.9 Å². The number of aromatic amines is 1. The number of nitrogens with two attached hydrogens (primary N) is 1. The molecular weight excluding hydrogens is 472 g/mol. The van der Waals surface area contributed by atoms with Crippen LogP contribution in [0.25, 0.3) is 0 Å². The van der Waals surface area contributed by atoms with Crippen molar-refractivity contribution in [1.29, 1.82) is 0 Å². The summed E-state index contributed by atoms with van der Waals surface area (Å²) in [5, 5.41) is 26.0. The number of carbonyl (C=O) groups excluding carboxylic acids is 3. The predicted octanol–water partition coefficient (Wildman–Crippen LogP) is -0.224. The number of rotatable bonds is 16. The Morgan fingerprint density at radius 3 is 2.06 bits per heavy atom. The van der Waals surface area contributed by atoms with Gasteiger partial charge >= 0.3 is 11.9 Å². The van der Waals surface area contributed by atoms with Gasteiger partial charge in [0.2, 0.25) is 17.7 Å². The van der Waals surface area contributed by atoms with Gasteiger partial charge in [-0.05, 0) is 24.7 Å². The lowest BCUT2D eigenvalue weighted by molar-refractivity contribution is -0.142. The Morgan fingerprint density at radius 2 is 1.56 bits per heavy atom. The van der Waals surface area contributed by atoms with Crippen LogP contribution in [-0.2, 0) is 30.4 Å². The molecule has 0 fully saturated rings. The summed E-state index contributed by atoms with van der Waals surface area (Å²) in [6, 6.07) is -4.58. The van der Waals surface area contributed by atoms with Crippen LogP contribution in [0.15, 0.2) is 12.5 Å². The van der Waals surface area contributed by atoms with E-state index in [-0.39, 0.29) is 31.1 Å². The fourth-order valence-electron chi connectivity index (χ4n) is 3.38. The summed E-state index contributed by atoms with van der Waals surface area (Å²) in [5.74, 6) is -4.74. The van der Waals surface area contributed by atoms with Gasteiger partial charge in [-0.2, -0.15) is 0 Å². The maximum Gasteiger partial charge on any atom is 0.326 e. The van der Waals surface area contributed by atoms with E-state index >= 15 is 0 Å². The molecule has 13 heteroatoms. The molecule has 0 aliphatic heterocycles. The molecule has 0 saturated carbocycles. The van der Waals surface area contributed by atoms with Gasteiger partial charge in [-0.25, -0.2) is 9.78 Å². The van der Waals surface area contributed by atoms with Gasteiger partial charge in [0.25, 0.3) is 0 Å². The molecule has 36 heavy (non-hydrogen) atoms. The molecule has 1 rings (SSSR count). The molecule has 5 unspecified atom stereocenters. The second-order valence-electron chi connectivity index (χ2n) is 9.28. The van der Waals surface area contributed by atoms with Crippen molar-refractivity contribution in [2.24, 2.45) is 17.6 Å². The molecule has 202 valence electrons. The summed E-state index contributed by atoms with van der Waals surface area (Å²) < 4.78 is 0. The normalized spacial score (nSPS) is 15.3. The summed E-state index contributed by atoms with van der Waals surface area (Å²) in [5.41, 5.74) is 6.44. The lowest BCUT2D eigenvalue weighted by atomic mass is 9.98. The zero-order valence-corrected chi connectivity index (χ0v) is 21.1. The summed E-state index contributed by atoms with van der Waals surface area (Å²) in [4.78, 5) is 68.1. The number of amides is 3. The molecule has 1 aromatic heterocycles. The summed E-state index contributed by atoms with van der Waals surface area (Å²) in [7, 11) is 0. The van der Waals surface area contributed by atoms with Crippen molar-refractivity contribution in [2.75, 3.05) is 0 Å². The van der Waals surface area contributed by atoms with Crippen molar-refractivity contribution in [1.82, 2.24) is 25.9 Å². The van der Waals surface area contributed by atoms with E-state index in [4.69, 9.17) is 10.8 Å². The Bertz CT molecular complexity index is 890. The highest BCUT2D eigenvalue weighted by molar-refractivity contribution is 5.94. The second kappa shape index (κ2) is 14.8. The molecular formula is C23H38N6O7. The van der Waals surface area contributed by atoms with Gasteiger partial charge in [-0.1, -0.05) is 34.1 Å². The number of H-pyrrole nitrogens is 1. The molecule has 0 aliphatic rings. The quantitative estimate of drug-likeness (QED) is 0.156. The van der Waals surface area contributed by atoms with Crippen LogP contribution in [0.2, 0.25) is 0 Å². The first-order chi connectivity index (χ1) is 16.8. The smallest absolute Gasteiger partial charge is 0.326 e. The van der Waals surface area contributed by atoms with Gasteiger partial charge in [-0.3, -0.25) is 19.2 Å². The van der Waals surface area contributed by atoms with E-state index in [1.165, 1.54) is 12.5 Å². The first-order valence-corrected chi connectivity index (χ1v) is 11.9. The number of carboxylic acids is 2. The van der Waals surface area contributed by atoms with E-state index < -0.39 is 60.2 Å². The van der Waals surface area contributed by atoms with Crippen LogP contribution in [0.4, 0.5) is 0 Å². The first kappa shape index (κ1) is 30.6. The molecule has 5 atom stereocenters. The maximum absolute atomic E-state index is 13.1. The number of nitrogens with zero attached hydrogens (tertiary/aromatic N) is 1. The number of hydrogen-bond donors (Lipinski definition) is 7. The first-order valence-electron chi connectivity index (χ1n) is 11.9. The highest BCUT2D eigenvalue weighted by atomic mass is 16.4. The fourth-order valence-corrected chi connectivity index (χ4v) is 3.38. The number of aromatic nitrogens is 2. The van der Waals surface area contributed by atoms with E-state index in [1.54, 1.807) is 6.92 Å². The maximum atomic E-state index is 13.1. The third-order valence-electron chi connectivity index (χ3n) is 5.77. The molecule has 1 heterocycles. The summed E-state index contributed by atoms with van der Waals surface area (Å²) >= 11 is 0. The molecule has 0 aliphatic carbocycles. The Hall–Kier alpha value is -3.48. The largest absolute Gasteiger partial charge is 0.481 e. The zero-order chi connectivity index (χ0) is 27.4. The number of hydrogen-bond acceptors (Lipinski definition) is 7. The minimum absolute atomic E-state index is 0.0163. The molecule has 0 spiro atoms. The SMILES string of the molecule is CCC(C)C(N)C(=O)NC(CCC(=O)O)C(=O)NC(Cc1cnc[nH]1)C(=O)NC(CC(C)C)C(=O)O. The Kier molecular flexibility index (Phi) is 12.6. The molecule has 3 amide bonds. The van der Waals surface area contributed by atoms with Crippen LogP contribution in [0.3, 0.4) is 0 Å². The Morgan fingerprint density at radius 1 is 0.972 bits per heavy atom. The van der Waals surface area contributed by atoms with Crippen molar-refractivity contribution < 1.29 is 34.2 Å². The molecule has 0 bridgehead atoms. The number of carbonyl (C=O) groups is 5. The van der Waals surface area contributed by atoms with Crippen LogP contribution in [0.5, 0.6) is 0 Å². The highest BCUT2D eigenvalue weighted by Gasteiger charge is 2.31. The Labute approximate surface area is 210 Å². The number of carboxylic acid groups (broad SMARTS) is 2. The molecule has 0 aromatic carbocycles. The average molecular weight is 511 g/mol. The standard InChI is InChI=1S/C23H38N6O7/c1-5-13(4)19(24)22(34)27-15(6-7-18(30)31)20(32)28-16(9-14-10-25-11-26-14)21(33)29-17(23(35)36)8-12(2)3/h10-13,15-17,19H,5-9,24H2,1-4H3,(H,25,26)(H,27,34)(H,28,32)(H,29,33)(H,30,31)(H,35,36). The number of aliphatic carboxylic acids is 2. The van der Waals surface area contributed by atoms with E-state index in [0.717, 1.165) is 0 Å². The van der Waals surface area contributed by atoms with Crippen LogP contribution in [0, 0.1) is 11.8 Å². The fraction of sp³-hybridized carbons (Fsp3) is 0.652. The predicted molar refractivity (Wildman–Crippen MR) is 129 cm³/mol. The van der Waals surface area contributed by atoms with Gasteiger partial charge in [0.15, 0.2) is 0 Å². The van der Waals surface area contributed by atoms with Crippen LogP contribution < -0.4 is 21.7 Å². The number of nitrogens with one attached hydrogen (secondary N) is 4. The van der Waals surface area contributed by atoms with Crippen molar-refractivity contribution in [2.45, 2.75) is 84.0 Å². The van der Waals surface area contributed by atoms with Crippen molar-refractivity contribution in [3.05, 3.63) is 18.2 Å². The van der Waals surface area contributed by atoms with Crippen LogP contribution >= 0.6 is 0 Å². The van der Waals surface area contributed by atoms with Crippen LogP contribution in [0.1, 0.15) is 59.1 Å². The topological polar surface area (TPSA) is 217 Å². The van der Waals surface area contributed by atoms with Gasteiger partial charge in [0.05, 0.1) is 12.4 Å². The lowest BCUT2D eigenvalue weighted by Crippen LogP contribution is -2.58. The second-order valence-corrected chi connectivity index (χ2v) is 9.28. The Balaban J connectivity index is 3.11. The van der Waals surface area contributed by atoms with E-state index in [9.17, 15) is 29.1 Å².